The van der Waals surface area contributed by atoms with E-state index in [-0.39, 0.29) is 17.9 Å². The van der Waals surface area contributed by atoms with E-state index in [2.05, 4.69) is 12.2 Å². The maximum Gasteiger partial charge on any atom is 0.228 e. The highest BCUT2D eigenvalue weighted by Gasteiger charge is 2.16. The van der Waals surface area contributed by atoms with Gasteiger partial charge in [-0.2, -0.15) is 0 Å². The molecule has 0 aliphatic carbocycles. The first-order valence-electron chi connectivity index (χ1n) is 5.84. The van der Waals surface area contributed by atoms with Gasteiger partial charge >= 0.3 is 0 Å². The molecule has 0 fully saturated rings. The van der Waals surface area contributed by atoms with Crippen LogP contribution in [0.25, 0.3) is 0 Å². The third-order valence-electron chi connectivity index (χ3n) is 2.61. The lowest BCUT2D eigenvalue weighted by atomic mass is 10.0. The molecule has 17 heavy (non-hydrogen) atoms. The Kier molecular flexibility index (Phi) is 5.51. The molecule has 0 aliphatic rings. The van der Waals surface area contributed by atoms with Gasteiger partial charge in [-0.25, -0.2) is 0 Å². The Morgan fingerprint density at radius 2 is 2.18 bits per heavy atom. The third kappa shape index (κ3) is 4.40. The van der Waals surface area contributed by atoms with Crippen molar-refractivity contribution in [2.24, 2.45) is 11.7 Å². The number of anilines is 1. The summed E-state index contributed by atoms with van der Waals surface area (Å²) in [7, 11) is 0. The van der Waals surface area contributed by atoms with Crippen molar-refractivity contribution in [1.82, 2.24) is 0 Å². The molecule has 0 heterocycles. The standard InChI is InChI=1S/C13H20N2OS/c1-4-17-12-7-5-6-11(8-12)15-13(16)9(2)10(3)14/h5-10H,4,14H2,1-3H3,(H,15,16). The number of carbonyl (C=O) groups is 1. The SMILES string of the molecule is CCSc1cccc(NC(=O)C(C)C(C)N)c1. The van der Waals surface area contributed by atoms with E-state index in [9.17, 15) is 4.79 Å². The predicted molar refractivity (Wildman–Crippen MR) is 74.3 cm³/mol. The summed E-state index contributed by atoms with van der Waals surface area (Å²) in [5.74, 6) is 0.810. The lowest BCUT2D eigenvalue weighted by Gasteiger charge is -2.15. The molecule has 0 aliphatic heterocycles. The molecule has 4 heteroatoms. The van der Waals surface area contributed by atoms with Gasteiger partial charge in [0.25, 0.3) is 0 Å². The molecule has 0 bridgehead atoms. The molecule has 0 spiro atoms. The minimum atomic E-state index is -0.183. The number of nitrogens with one attached hydrogen (secondary N) is 1. The van der Waals surface area contributed by atoms with Gasteiger partial charge in [-0.3, -0.25) is 4.79 Å². The van der Waals surface area contributed by atoms with Crippen LogP contribution in [0.3, 0.4) is 0 Å². The summed E-state index contributed by atoms with van der Waals surface area (Å²) in [6.45, 7) is 5.78. The molecule has 94 valence electrons. The lowest BCUT2D eigenvalue weighted by Crippen LogP contribution is -2.34. The zero-order valence-corrected chi connectivity index (χ0v) is 11.4. The van der Waals surface area contributed by atoms with Crippen LogP contribution >= 0.6 is 11.8 Å². The van der Waals surface area contributed by atoms with Crippen molar-refractivity contribution < 1.29 is 4.79 Å². The third-order valence-corrected chi connectivity index (χ3v) is 3.49. The van der Waals surface area contributed by atoms with Crippen LogP contribution in [0.15, 0.2) is 29.2 Å². The second-order valence-corrected chi connectivity index (χ2v) is 5.44. The molecule has 1 aromatic rings. The van der Waals surface area contributed by atoms with Gasteiger partial charge < -0.3 is 11.1 Å². The quantitative estimate of drug-likeness (QED) is 0.792. The zero-order chi connectivity index (χ0) is 12.8. The number of nitrogens with two attached hydrogens (primary N) is 1. The average Bonchev–Trinajstić information content (AvgIpc) is 2.28. The summed E-state index contributed by atoms with van der Waals surface area (Å²) < 4.78 is 0. The highest BCUT2D eigenvalue weighted by atomic mass is 32.2. The summed E-state index contributed by atoms with van der Waals surface area (Å²) >= 11 is 1.76. The van der Waals surface area contributed by atoms with Crippen molar-refractivity contribution in [2.75, 3.05) is 11.1 Å². The van der Waals surface area contributed by atoms with E-state index in [4.69, 9.17) is 5.73 Å². The largest absolute Gasteiger partial charge is 0.327 e. The summed E-state index contributed by atoms with van der Waals surface area (Å²) in [5, 5.41) is 2.89. The van der Waals surface area contributed by atoms with Gasteiger partial charge in [0, 0.05) is 16.6 Å². The Labute approximate surface area is 107 Å². The number of benzene rings is 1. The minimum absolute atomic E-state index is 0.0290. The van der Waals surface area contributed by atoms with E-state index < -0.39 is 0 Å². The molecular formula is C13H20N2OS. The maximum absolute atomic E-state index is 11.8. The van der Waals surface area contributed by atoms with E-state index >= 15 is 0 Å². The van der Waals surface area contributed by atoms with E-state index in [1.165, 1.54) is 4.90 Å². The second-order valence-electron chi connectivity index (χ2n) is 4.10. The molecule has 1 rings (SSSR count). The monoisotopic (exact) mass is 252 g/mol. The molecule has 1 amide bonds. The molecule has 2 atom stereocenters. The number of thioether (sulfide) groups is 1. The molecule has 0 radical (unpaired) electrons. The Hall–Kier alpha value is -1.00. The first-order valence-corrected chi connectivity index (χ1v) is 6.82. The van der Waals surface area contributed by atoms with Crippen molar-refractivity contribution >= 4 is 23.4 Å². The Morgan fingerprint density at radius 3 is 2.76 bits per heavy atom. The van der Waals surface area contributed by atoms with Crippen molar-refractivity contribution in [3.63, 3.8) is 0 Å². The summed E-state index contributed by atoms with van der Waals surface area (Å²) in [6, 6.07) is 7.73. The second kappa shape index (κ2) is 6.67. The summed E-state index contributed by atoms with van der Waals surface area (Å²) in [4.78, 5) is 13.0. The molecule has 3 nitrogen and oxygen atoms in total. The first kappa shape index (κ1) is 14.1. The number of rotatable bonds is 5. The Bertz CT molecular complexity index is 379. The highest BCUT2D eigenvalue weighted by Crippen LogP contribution is 2.21. The van der Waals surface area contributed by atoms with Crippen LogP contribution in [0.4, 0.5) is 5.69 Å². The van der Waals surface area contributed by atoms with Crippen molar-refractivity contribution in [1.29, 1.82) is 0 Å². The van der Waals surface area contributed by atoms with Crippen LogP contribution in [-0.2, 0) is 4.79 Å². The number of hydrogen-bond acceptors (Lipinski definition) is 3. The van der Waals surface area contributed by atoms with Crippen LogP contribution in [-0.4, -0.2) is 17.7 Å². The molecule has 0 aromatic heterocycles. The smallest absolute Gasteiger partial charge is 0.228 e. The van der Waals surface area contributed by atoms with Crippen LogP contribution in [0.5, 0.6) is 0 Å². The highest BCUT2D eigenvalue weighted by molar-refractivity contribution is 7.99. The van der Waals surface area contributed by atoms with E-state index in [1.807, 2.05) is 38.1 Å². The fraction of sp³-hybridized carbons (Fsp3) is 0.462. The fourth-order valence-corrected chi connectivity index (χ4v) is 2.04. The molecule has 2 unspecified atom stereocenters. The number of carbonyl (C=O) groups excluding carboxylic acids is 1. The Balaban J connectivity index is 2.68. The minimum Gasteiger partial charge on any atom is -0.327 e. The van der Waals surface area contributed by atoms with Crippen molar-refractivity contribution in [3.8, 4) is 0 Å². The Morgan fingerprint density at radius 1 is 1.47 bits per heavy atom. The van der Waals surface area contributed by atoms with Crippen LogP contribution in [0.2, 0.25) is 0 Å². The van der Waals surface area contributed by atoms with E-state index in [0.717, 1.165) is 11.4 Å². The van der Waals surface area contributed by atoms with Crippen LogP contribution in [0.1, 0.15) is 20.8 Å². The molecule has 3 N–H and O–H groups in total. The van der Waals surface area contributed by atoms with Crippen LogP contribution in [0, 0.1) is 5.92 Å². The van der Waals surface area contributed by atoms with Crippen LogP contribution < -0.4 is 11.1 Å². The molecule has 0 saturated heterocycles. The van der Waals surface area contributed by atoms with Gasteiger partial charge in [0.15, 0.2) is 0 Å². The molecule has 0 saturated carbocycles. The summed E-state index contributed by atoms with van der Waals surface area (Å²) in [5.41, 5.74) is 6.54. The summed E-state index contributed by atoms with van der Waals surface area (Å²) in [6.07, 6.45) is 0. The maximum atomic E-state index is 11.8. The van der Waals surface area contributed by atoms with Gasteiger partial charge in [0.2, 0.25) is 5.91 Å². The number of amides is 1. The lowest BCUT2D eigenvalue weighted by molar-refractivity contribution is -0.119. The van der Waals surface area contributed by atoms with Gasteiger partial charge in [0.1, 0.15) is 0 Å². The van der Waals surface area contributed by atoms with Gasteiger partial charge in [0.05, 0.1) is 5.92 Å². The van der Waals surface area contributed by atoms with Gasteiger partial charge in [-0.15, -0.1) is 11.8 Å². The molecule has 1 aromatic carbocycles. The zero-order valence-electron chi connectivity index (χ0n) is 10.6. The normalized spacial score (nSPS) is 14.1. The average molecular weight is 252 g/mol. The van der Waals surface area contributed by atoms with Gasteiger partial charge in [-0.1, -0.05) is 19.9 Å². The number of hydrogen-bond donors (Lipinski definition) is 2. The fourth-order valence-electron chi connectivity index (χ4n) is 1.33. The topological polar surface area (TPSA) is 55.1 Å². The van der Waals surface area contributed by atoms with Crippen molar-refractivity contribution in [2.45, 2.75) is 31.7 Å². The van der Waals surface area contributed by atoms with E-state index in [0.29, 0.717) is 0 Å². The predicted octanol–water partition coefficient (Wildman–Crippen LogP) is 2.72. The van der Waals surface area contributed by atoms with Crippen molar-refractivity contribution in [3.05, 3.63) is 24.3 Å². The van der Waals surface area contributed by atoms with Gasteiger partial charge in [-0.05, 0) is 30.9 Å². The van der Waals surface area contributed by atoms with E-state index in [1.54, 1.807) is 11.8 Å². The molecular weight excluding hydrogens is 232 g/mol. The first-order chi connectivity index (χ1) is 8.04.